The molecule has 1 heterocycles. The summed E-state index contributed by atoms with van der Waals surface area (Å²) in [7, 11) is 0. The second-order valence-corrected chi connectivity index (χ2v) is 17.5. The van der Waals surface area contributed by atoms with Crippen LogP contribution in [0.15, 0.2) is 76.6 Å². The molecule has 314 valence electrons. The number of thioether (sulfide) groups is 1. The topological polar surface area (TPSA) is 112 Å². The van der Waals surface area contributed by atoms with E-state index in [2.05, 4.69) is 23.0 Å². The molecule has 0 aliphatic carbocycles. The van der Waals surface area contributed by atoms with Crippen LogP contribution >= 0.6 is 81.4 Å². The molecular weight excluding hydrogens is 895 g/mol. The zero-order chi connectivity index (χ0) is 42.5. The number of hydrazine groups is 1. The van der Waals surface area contributed by atoms with E-state index in [0.29, 0.717) is 28.4 Å². The number of nitrogens with zero attached hydrogens (tertiary/aromatic N) is 2. The standard InChI is InChI=1S/C43H45Cl6N5O4S/c1-3-4-5-6-7-8-9-10-11-12-13-18-33(55)50-27-21-24-29(44)31(25-27)51-41-40(42(56)54(53-41)39-37(48)35(46)34(45)36(47)38(39)49)59-32-17-15-14-16-30(32)52-43(57)58-28-22-19-26(2)20-23-28/h14-17,19-25,40H,3-13,18H2,1-2H3,(H,50,55)(H,51,53)(H,52,57). The van der Waals surface area contributed by atoms with Crippen molar-refractivity contribution in [2.45, 2.75) is 101 Å². The molecule has 5 rings (SSSR count). The SMILES string of the molecule is CCCCCCCCCCCCCC(=O)Nc1ccc(Cl)c(N=C2NN(c3c(Cl)c(Cl)c(Cl)c(Cl)c3Cl)C(=O)C2Sc2ccccc2NC(=O)Oc2ccc(C)cc2)c1. The van der Waals surface area contributed by atoms with Gasteiger partial charge in [0.2, 0.25) is 5.91 Å². The van der Waals surface area contributed by atoms with Crippen LogP contribution in [0.3, 0.4) is 0 Å². The molecule has 59 heavy (non-hydrogen) atoms. The number of anilines is 3. The molecule has 4 aromatic carbocycles. The maximum atomic E-state index is 14.4. The lowest BCUT2D eigenvalue weighted by Gasteiger charge is -2.21. The van der Waals surface area contributed by atoms with Gasteiger partial charge in [-0.1, -0.05) is 171 Å². The molecule has 0 radical (unpaired) electrons. The van der Waals surface area contributed by atoms with Crippen molar-refractivity contribution in [3.63, 3.8) is 0 Å². The molecule has 3 amide bonds. The van der Waals surface area contributed by atoms with Gasteiger partial charge < -0.3 is 10.1 Å². The van der Waals surface area contributed by atoms with Crippen molar-refractivity contribution in [1.29, 1.82) is 0 Å². The van der Waals surface area contributed by atoms with Crippen LogP contribution < -0.4 is 25.8 Å². The van der Waals surface area contributed by atoms with Crippen molar-refractivity contribution in [3.8, 4) is 5.75 Å². The average Bonchev–Trinajstić information content (AvgIpc) is 3.51. The highest BCUT2D eigenvalue weighted by Crippen LogP contribution is 2.49. The molecule has 1 saturated heterocycles. The smallest absolute Gasteiger partial charge is 0.410 e. The molecule has 1 aliphatic rings. The molecule has 9 nitrogen and oxygen atoms in total. The highest BCUT2D eigenvalue weighted by molar-refractivity contribution is 8.01. The molecule has 0 bridgehead atoms. The molecule has 4 aromatic rings. The first kappa shape index (κ1) is 46.7. The minimum atomic E-state index is -1.08. The molecular formula is C43H45Cl6N5O4S. The van der Waals surface area contributed by atoms with E-state index in [1.54, 1.807) is 54.6 Å². The van der Waals surface area contributed by atoms with Crippen molar-refractivity contribution >= 4 is 128 Å². The Morgan fingerprint density at radius 1 is 0.763 bits per heavy atom. The second kappa shape index (κ2) is 23.0. The van der Waals surface area contributed by atoms with Gasteiger partial charge in [0, 0.05) is 17.0 Å². The summed E-state index contributed by atoms with van der Waals surface area (Å²) in [5.41, 5.74) is 5.09. The molecule has 0 spiro atoms. The van der Waals surface area contributed by atoms with Gasteiger partial charge in [-0.25, -0.2) is 14.8 Å². The van der Waals surface area contributed by atoms with Gasteiger partial charge in [0.1, 0.15) is 22.5 Å². The third-order valence-electron chi connectivity index (χ3n) is 9.41. The summed E-state index contributed by atoms with van der Waals surface area (Å²) in [6, 6.07) is 18.8. The highest BCUT2D eigenvalue weighted by atomic mass is 35.5. The Bertz CT molecular complexity index is 2130. The lowest BCUT2D eigenvalue weighted by molar-refractivity contribution is -0.117. The Morgan fingerprint density at radius 2 is 1.36 bits per heavy atom. The molecule has 1 fully saturated rings. The third-order valence-corrected chi connectivity index (χ3v) is 13.3. The Hall–Kier alpha value is -3.35. The molecule has 1 atom stereocenters. The number of aliphatic imine (C=N–C) groups is 1. The number of hydrogen-bond acceptors (Lipinski definition) is 6. The Kier molecular flexibility index (Phi) is 18.2. The van der Waals surface area contributed by atoms with Gasteiger partial charge in [-0.2, -0.15) is 0 Å². The quantitative estimate of drug-likeness (QED) is 0.0490. The number of rotatable bonds is 19. The van der Waals surface area contributed by atoms with Crippen LogP contribution in [-0.2, 0) is 9.59 Å². The number of ether oxygens (including phenoxy) is 1. The first-order valence-electron chi connectivity index (χ1n) is 19.5. The number of para-hydroxylation sites is 1. The fraction of sp³-hybridized carbons (Fsp3) is 0.349. The van der Waals surface area contributed by atoms with Gasteiger partial charge in [0.05, 0.1) is 41.5 Å². The number of aryl methyl sites for hydroxylation is 1. The first-order valence-corrected chi connectivity index (χ1v) is 22.6. The fourth-order valence-corrected chi connectivity index (χ4v) is 8.77. The van der Waals surface area contributed by atoms with Crippen molar-refractivity contribution in [2.75, 3.05) is 15.6 Å². The van der Waals surface area contributed by atoms with Crippen LogP contribution in [0.2, 0.25) is 30.1 Å². The largest absolute Gasteiger partial charge is 0.417 e. The van der Waals surface area contributed by atoms with Gasteiger partial charge >= 0.3 is 6.09 Å². The summed E-state index contributed by atoms with van der Waals surface area (Å²) in [6.45, 7) is 4.16. The van der Waals surface area contributed by atoms with E-state index in [0.717, 1.165) is 41.6 Å². The second-order valence-electron chi connectivity index (χ2n) is 14.0. The first-order chi connectivity index (χ1) is 28.4. The number of carbonyl (C=O) groups is 3. The monoisotopic (exact) mass is 937 g/mol. The van der Waals surface area contributed by atoms with E-state index in [-0.39, 0.29) is 53.3 Å². The summed E-state index contributed by atoms with van der Waals surface area (Å²) in [4.78, 5) is 45.6. The van der Waals surface area contributed by atoms with Crippen LogP contribution in [-0.4, -0.2) is 29.0 Å². The van der Waals surface area contributed by atoms with Crippen LogP contribution in [0.1, 0.15) is 89.5 Å². The lowest BCUT2D eigenvalue weighted by atomic mass is 10.1. The summed E-state index contributed by atoms with van der Waals surface area (Å²) in [6.07, 6.45) is 12.8. The van der Waals surface area contributed by atoms with Crippen LogP contribution in [0.5, 0.6) is 5.75 Å². The van der Waals surface area contributed by atoms with E-state index >= 15 is 0 Å². The van der Waals surface area contributed by atoms with E-state index in [1.165, 1.54) is 51.4 Å². The molecule has 16 heteroatoms. The minimum absolute atomic E-state index is 0.0452. The molecule has 0 saturated carbocycles. The summed E-state index contributed by atoms with van der Waals surface area (Å²) in [5.74, 6) is -0.201. The third kappa shape index (κ3) is 13.1. The number of nitrogens with one attached hydrogen (secondary N) is 3. The van der Waals surface area contributed by atoms with Crippen molar-refractivity contribution in [1.82, 2.24) is 5.43 Å². The maximum Gasteiger partial charge on any atom is 0.417 e. The average molecular weight is 941 g/mol. The van der Waals surface area contributed by atoms with Gasteiger partial charge in [-0.3, -0.25) is 20.3 Å². The summed E-state index contributed by atoms with van der Waals surface area (Å²) in [5, 5.41) is 5.42. The van der Waals surface area contributed by atoms with Gasteiger partial charge in [0.25, 0.3) is 5.91 Å². The number of amidine groups is 1. The summed E-state index contributed by atoms with van der Waals surface area (Å²) >= 11 is 40.0. The Morgan fingerprint density at radius 3 is 2.00 bits per heavy atom. The zero-order valence-corrected chi connectivity index (χ0v) is 38.0. The van der Waals surface area contributed by atoms with Crippen LogP contribution in [0.25, 0.3) is 0 Å². The number of amides is 3. The number of carbonyl (C=O) groups excluding carboxylic acids is 3. The Balaban J connectivity index is 1.34. The zero-order valence-electron chi connectivity index (χ0n) is 32.6. The lowest BCUT2D eigenvalue weighted by Crippen LogP contribution is -2.36. The van der Waals surface area contributed by atoms with E-state index in [1.807, 2.05) is 19.1 Å². The number of benzene rings is 4. The maximum absolute atomic E-state index is 14.4. The number of halogens is 6. The number of hydrogen-bond donors (Lipinski definition) is 3. The van der Waals surface area contributed by atoms with E-state index in [4.69, 9.17) is 79.3 Å². The predicted molar refractivity (Wildman–Crippen MR) is 247 cm³/mol. The van der Waals surface area contributed by atoms with Gasteiger partial charge in [-0.15, -0.1) is 11.8 Å². The van der Waals surface area contributed by atoms with Gasteiger partial charge in [-0.05, 0) is 55.8 Å². The predicted octanol–water partition coefficient (Wildman–Crippen LogP) is 14.9. The summed E-state index contributed by atoms with van der Waals surface area (Å²) < 4.78 is 5.48. The molecule has 3 N–H and O–H groups in total. The van der Waals surface area contributed by atoms with Crippen LogP contribution in [0, 0.1) is 6.92 Å². The number of unbranched alkanes of at least 4 members (excludes halogenated alkanes) is 10. The van der Waals surface area contributed by atoms with Crippen molar-refractivity contribution in [3.05, 3.63) is 102 Å². The van der Waals surface area contributed by atoms with E-state index < -0.39 is 17.3 Å². The van der Waals surface area contributed by atoms with E-state index in [9.17, 15) is 14.4 Å². The van der Waals surface area contributed by atoms with Gasteiger partial charge in [0.15, 0.2) is 0 Å². The molecule has 0 aromatic heterocycles. The molecule has 1 unspecified atom stereocenters. The highest BCUT2D eigenvalue weighted by Gasteiger charge is 2.42. The van der Waals surface area contributed by atoms with Crippen molar-refractivity contribution in [2.24, 2.45) is 4.99 Å². The van der Waals surface area contributed by atoms with Crippen LogP contribution in [0.4, 0.5) is 27.5 Å². The van der Waals surface area contributed by atoms with Crippen molar-refractivity contribution < 1.29 is 19.1 Å². The Labute approximate surface area is 379 Å². The fourth-order valence-electron chi connectivity index (χ4n) is 6.24. The molecule has 1 aliphatic heterocycles. The normalized spacial score (nSPS) is 14.4. The minimum Gasteiger partial charge on any atom is -0.410 e.